The van der Waals surface area contributed by atoms with Gasteiger partial charge in [-0.1, -0.05) is 6.92 Å². The fraction of sp³-hybridized carbons (Fsp3) is 0.350. The third-order valence-electron chi connectivity index (χ3n) is 4.66. The minimum atomic E-state index is -3.65. The van der Waals surface area contributed by atoms with Crippen LogP contribution in [0.15, 0.2) is 41.8 Å². The van der Waals surface area contributed by atoms with Crippen molar-refractivity contribution < 1.29 is 13.2 Å². The van der Waals surface area contributed by atoms with Crippen molar-refractivity contribution in [1.29, 1.82) is 0 Å². The normalized spacial score (nSPS) is 12.7. The highest BCUT2D eigenvalue weighted by Crippen LogP contribution is 2.34. The molecule has 0 aliphatic rings. The van der Waals surface area contributed by atoms with E-state index in [1.165, 1.54) is 0 Å². The Morgan fingerprint density at radius 1 is 1.21 bits per heavy atom. The number of H-pyrrole nitrogens is 1. The molecule has 152 valence electrons. The van der Waals surface area contributed by atoms with Crippen molar-refractivity contribution in [1.82, 2.24) is 24.3 Å². The molecule has 0 aliphatic heterocycles. The van der Waals surface area contributed by atoms with Crippen LogP contribution in [0, 0.1) is 0 Å². The molecule has 4 aromatic heterocycles. The minimum Gasteiger partial charge on any atom is -0.492 e. The second-order valence-corrected chi connectivity index (χ2v) is 10.5. The smallest absolute Gasteiger partial charge is 0.188 e. The average Bonchev–Trinajstić information content (AvgIpc) is 3.30. The van der Waals surface area contributed by atoms with Crippen LogP contribution in [-0.2, 0) is 9.84 Å². The molecule has 4 heterocycles. The van der Waals surface area contributed by atoms with Crippen molar-refractivity contribution >= 4 is 26.6 Å². The molecular weight excluding hydrogens is 390 g/mol. The van der Waals surface area contributed by atoms with Crippen LogP contribution in [0.4, 0.5) is 0 Å². The summed E-state index contributed by atoms with van der Waals surface area (Å²) in [5, 5.41) is 0. The number of rotatable bonds is 5. The predicted molar refractivity (Wildman–Crippen MR) is 111 cm³/mol. The maximum atomic E-state index is 13.2. The van der Waals surface area contributed by atoms with E-state index in [1.807, 2.05) is 13.0 Å². The molecule has 29 heavy (non-hydrogen) atoms. The third-order valence-corrected chi connectivity index (χ3v) is 7.15. The van der Waals surface area contributed by atoms with E-state index in [4.69, 9.17) is 4.74 Å². The molecular formula is C20H23N5O3S. The Morgan fingerprint density at radius 3 is 2.72 bits per heavy atom. The summed E-state index contributed by atoms with van der Waals surface area (Å²) in [6.07, 6.45) is 7.42. The van der Waals surface area contributed by atoms with Gasteiger partial charge >= 0.3 is 0 Å². The molecule has 0 spiro atoms. The van der Waals surface area contributed by atoms with Crippen LogP contribution in [0.25, 0.3) is 28.2 Å². The van der Waals surface area contributed by atoms with Crippen molar-refractivity contribution in [2.24, 2.45) is 0 Å². The lowest BCUT2D eigenvalue weighted by Gasteiger charge is -2.21. The fourth-order valence-corrected chi connectivity index (χ4v) is 4.27. The van der Waals surface area contributed by atoms with Gasteiger partial charge in [0, 0.05) is 18.5 Å². The number of hydrogen-bond donors (Lipinski definition) is 1. The van der Waals surface area contributed by atoms with E-state index >= 15 is 0 Å². The number of imidazole rings is 1. The number of ether oxygens (including phenoxy) is 1. The van der Waals surface area contributed by atoms with Crippen molar-refractivity contribution in [3.63, 3.8) is 0 Å². The number of aromatic amines is 1. The summed E-state index contributed by atoms with van der Waals surface area (Å²) in [5.41, 5.74) is 3.25. The summed E-state index contributed by atoms with van der Waals surface area (Å²) in [4.78, 5) is 16.6. The lowest BCUT2D eigenvalue weighted by Crippen LogP contribution is -2.28. The monoisotopic (exact) mass is 413 g/mol. The number of nitrogens with zero attached hydrogens (tertiary/aromatic N) is 4. The van der Waals surface area contributed by atoms with Gasteiger partial charge in [0.05, 0.1) is 29.4 Å². The van der Waals surface area contributed by atoms with Gasteiger partial charge in [-0.3, -0.25) is 4.40 Å². The molecule has 4 aromatic rings. The van der Waals surface area contributed by atoms with Crippen LogP contribution in [0.1, 0.15) is 34.1 Å². The zero-order valence-electron chi connectivity index (χ0n) is 16.8. The zero-order chi connectivity index (χ0) is 20.8. The van der Waals surface area contributed by atoms with Crippen LogP contribution >= 0.6 is 0 Å². The van der Waals surface area contributed by atoms with Crippen LogP contribution in [0.2, 0.25) is 0 Å². The Labute approximate surface area is 168 Å². The van der Waals surface area contributed by atoms with Gasteiger partial charge in [-0.15, -0.1) is 0 Å². The first-order chi connectivity index (χ1) is 13.7. The maximum Gasteiger partial charge on any atom is 0.188 e. The summed E-state index contributed by atoms with van der Waals surface area (Å²) in [7, 11) is -3.65. The van der Waals surface area contributed by atoms with Gasteiger partial charge in [-0.2, -0.15) is 0 Å². The minimum absolute atomic E-state index is 0.140. The first kappa shape index (κ1) is 19.4. The third kappa shape index (κ3) is 3.25. The number of sulfone groups is 1. The topological polar surface area (TPSA) is 102 Å². The molecule has 0 radical (unpaired) electrons. The highest BCUT2D eigenvalue weighted by molar-refractivity contribution is 7.92. The SMILES string of the molecule is CCCOc1cc2ncc(-c3cnc4[nH]ccc4n3)n2cc1S(=O)(=O)C(C)(C)C. The largest absolute Gasteiger partial charge is 0.492 e. The van der Waals surface area contributed by atoms with Gasteiger partial charge in [-0.05, 0) is 33.3 Å². The summed E-state index contributed by atoms with van der Waals surface area (Å²) < 4.78 is 33.0. The predicted octanol–water partition coefficient (Wildman–Crippen LogP) is 3.63. The van der Waals surface area contributed by atoms with Gasteiger partial charge in [0.25, 0.3) is 0 Å². The maximum absolute atomic E-state index is 13.2. The molecule has 8 nitrogen and oxygen atoms in total. The molecule has 0 amide bonds. The first-order valence-electron chi connectivity index (χ1n) is 9.41. The molecule has 0 atom stereocenters. The van der Waals surface area contributed by atoms with E-state index in [0.29, 0.717) is 35.0 Å². The van der Waals surface area contributed by atoms with E-state index in [1.54, 1.807) is 56.0 Å². The Bertz CT molecular complexity index is 1300. The molecule has 0 aliphatic carbocycles. The standard InChI is InChI=1S/C20H23N5O3S/c1-5-8-28-16-9-18-22-11-15(14-10-23-19-13(24-14)6-7-21-19)25(18)12-17(16)29(26,27)20(2,3)4/h6-7,9-12H,5,8H2,1-4H3,(H,21,23). The van der Waals surface area contributed by atoms with Gasteiger partial charge < -0.3 is 9.72 Å². The lowest BCUT2D eigenvalue weighted by atomic mass is 10.3. The molecule has 1 N–H and O–H groups in total. The lowest BCUT2D eigenvalue weighted by molar-refractivity contribution is 0.308. The van der Waals surface area contributed by atoms with Crippen molar-refractivity contribution in [3.05, 3.63) is 36.9 Å². The quantitative estimate of drug-likeness (QED) is 0.536. The van der Waals surface area contributed by atoms with E-state index < -0.39 is 14.6 Å². The molecule has 0 aromatic carbocycles. The molecule has 9 heteroatoms. The Balaban J connectivity index is 1.94. The van der Waals surface area contributed by atoms with Crippen molar-refractivity contribution in [2.45, 2.75) is 43.8 Å². The van der Waals surface area contributed by atoms with E-state index in [9.17, 15) is 8.42 Å². The van der Waals surface area contributed by atoms with Gasteiger partial charge in [0.15, 0.2) is 15.5 Å². The van der Waals surface area contributed by atoms with Crippen LogP contribution < -0.4 is 4.74 Å². The summed E-state index contributed by atoms with van der Waals surface area (Å²) >= 11 is 0. The van der Waals surface area contributed by atoms with Gasteiger partial charge in [0.1, 0.15) is 27.5 Å². The summed E-state index contributed by atoms with van der Waals surface area (Å²) in [5.74, 6) is 0.318. The van der Waals surface area contributed by atoms with Crippen molar-refractivity contribution in [2.75, 3.05) is 6.61 Å². The van der Waals surface area contributed by atoms with E-state index in [2.05, 4.69) is 19.9 Å². The zero-order valence-corrected chi connectivity index (χ0v) is 17.6. The second kappa shape index (κ2) is 6.84. The van der Waals surface area contributed by atoms with Crippen LogP contribution in [0.3, 0.4) is 0 Å². The van der Waals surface area contributed by atoms with Crippen LogP contribution in [0.5, 0.6) is 5.75 Å². The highest BCUT2D eigenvalue weighted by atomic mass is 32.2. The van der Waals surface area contributed by atoms with Gasteiger partial charge in [0.2, 0.25) is 0 Å². The second-order valence-electron chi connectivity index (χ2n) is 7.80. The summed E-state index contributed by atoms with van der Waals surface area (Å²) in [6, 6.07) is 3.50. The Morgan fingerprint density at radius 2 is 2.00 bits per heavy atom. The number of nitrogens with one attached hydrogen (secondary N) is 1. The first-order valence-corrected chi connectivity index (χ1v) is 10.9. The average molecular weight is 414 g/mol. The number of hydrogen-bond acceptors (Lipinski definition) is 6. The summed E-state index contributed by atoms with van der Waals surface area (Å²) in [6.45, 7) is 7.43. The fourth-order valence-electron chi connectivity index (χ4n) is 2.99. The van der Waals surface area contributed by atoms with E-state index in [-0.39, 0.29) is 4.90 Å². The number of aromatic nitrogens is 5. The number of pyridine rings is 1. The van der Waals surface area contributed by atoms with Gasteiger partial charge in [-0.25, -0.2) is 23.4 Å². The Hall–Kier alpha value is -2.94. The van der Waals surface area contributed by atoms with Crippen LogP contribution in [-0.4, -0.2) is 44.1 Å². The molecule has 0 bridgehead atoms. The van der Waals surface area contributed by atoms with E-state index in [0.717, 1.165) is 11.9 Å². The highest BCUT2D eigenvalue weighted by Gasteiger charge is 2.34. The molecule has 0 unspecified atom stereocenters. The Kier molecular flexibility index (Phi) is 4.57. The number of fused-ring (bicyclic) bond motifs is 2. The molecule has 0 saturated heterocycles. The molecule has 4 rings (SSSR count). The van der Waals surface area contributed by atoms with Crippen molar-refractivity contribution in [3.8, 4) is 17.1 Å². The molecule has 0 saturated carbocycles. The molecule has 0 fully saturated rings.